The Hall–Kier alpha value is -3.73. The van der Waals surface area contributed by atoms with Crippen molar-refractivity contribution in [2.45, 2.75) is 18.9 Å². The summed E-state index contributed by atoms with van der Waals surface area (Å²) in [6, 6.07) is 10.1. The number of amides is 3. The van der Waals surface area contributed by atoms with Gasteiger partial charge in [0.15, 0.2) is 11.5 Å². The summed E-state index contributed by atoms with van der Waals surface area (Å²) in [7, 11) is 3.07. The van der Waals surface area contributed by atoms with Gasteiger partial charge in [-0.1, -0.05) is 17.4 Å². The minimum atomic E-state index is -0.483. The molecule has 0 saturated carbocycles. The Morgan fingerprint density at radius 2 is 1.85 bits per heavy atom. The van der Waals surface area contributed by atoms with Crippen LogP contribution in [-0.2, 0) is 0 Å². The third kappa shape index (κ3) is 5.03. The van der Waals surface area contributed by atoms with Crippen LogP contribution in [0.3, 0.4) is 0 Å². The van der Waals surface area contributed by atoms with E-state index in [2.05, 4.69) is 20.8 Å². The molecule has 1 atom stereocenters. The molecule has 1 aliphatic rings. The Morgan fingerprint density at radius 3 is 2.61 bits per heavy atom. The summed E-state index contributed by atoms with van der Waals surface area (Å²) in [6.45, 7) is 0.550. The van der Waals surface area contributed by atoms with E-state index in [0.29, 0.717) is 40.8 Å². The average Bonchev–Trinajstić information content (AvgIpc) is 3.48. The smallest absolute Gasteiger partial charge is 0.322 e. The first-order valence-electron chi connectivity index (χ1n) is 10.2. The lowest BCUT2D eigenvalue weighted by atomic mass is 10.2. The van der Waals surface area contributed by atoms with Crippen molar-refractivity contribution < 1.29 is 23.5 Å². The van der Waals surface area contributed by atoms with Crippen LogP contribution in [-0.4, -0.2) is 47.8 Å². The van der Waals surface area contributed by atoms with Gasteiger partial charge in [-0.15, -0.1) is 10.2 Å². The zero-order valence-electron chi connectivity index (χ0n) is 18.0. The van der Waals surface area contributed by atoms with Crippen LogP contribution < -0.4 is 20.1 Å². The van der Waals surface area contributed by atoms with E-state index in [-0.39, 0.29) is 17.1 Å². The lowest BCUT2D eigenvalue weighted by Gasteiger charge is -2.23. The van der Waals surface area contributed by atoms with Crippen LogP contribution in [0.5, 0.6) is 11.5 Å². The molecule has 1 aromatic heterocycles. The summed E-state index contributed by atoms with van der Waals surface area (Å²) in [4.78, 5) is 27.1. The largest absolute Gasteiger partial charge is 0.493 e. The zero-order valence-corrected chi connectivity index (χ0v) is 18.8. The van der Waals surface area contributed by atoms with Gasteiger partial charge in [-0.05, 0) is 43.2 Å². The number of aromatic nitrogens is 2. The molecule has 1 aliphatic heterocycles. The second-order valence-electron chi connectivity index (χ2n) is 7.26. The first-order chi connectivity index (χ1) is 16.0. The lowest BCUT2D eigenvalue weighted by Crippen LogP contribution is -2.34. The number of carbonyl (C=O) groups is 2. The minimum Gasteiger partial charge on any atom is -0.493 e. The van der Waals surface area contributed by atoms with Gasteiger partial charge in [0.05, 0.1) is 20.3 Å². The summed E-state index contributed by atoms with van der Waals surface area (Å²) in [5.74, 6) is 0.135. The van der Waals surface area contributed by atoms with Crippen molar-refractivity contribution >= 4 is 34.6 Å². The van der Waals surface area contributed by atoms with E-state index in [1.807, 2.05) is 0 Å². The van der Waals surface area contributed by atoms with Crippen LogP contribution in [0.25, 0.3) is 0 Å². The number of rotatable bonds is 6. The molecule has 1 unspecified atom stereocenters. The number of ether oxygens (including phenoxy) is 2. The zero-order chi connectivity index (χ0) is 23.4. The third-order valence-electron chi connectivity index (χ3n) is 5.15. The Labute approximate surface area is 193 Å². The normalized spacial score (nSPS) is 15.2. The molecular weight excluding hydrogens is 449 g/mol. The van der Waals surface area contributed by atoms with Crippen molar-refractivity contribution in [2.75, 3.05) is 31.4 Å². The predicted molar refractivity (Wildman–Crippen MR) is 122 cm³/mol. The Morgan fingerprint density at radius 1 is 1.06 bits per heavy atom. The average molecular weight is 472 g/mol. The molecule has 3 amide bonds. The number of anilines is 2. The van der Waals surface area contributed by atoms with Gasteiger partial charge in [0.1, 0.15) is 10.8 Å². The van der Waals surface area contributed by atoms with Crippen LogP contribution in [0.2, 0.25) is 0 Å². The van der Waals surface area contributed by atoms with Crippen molar-refractivity contribution in [2.24, 2.45) is 0 Å². The first kappa shape index (κ1) is 22.5. The second kappa shape index (κ2) is 9.82. The van der Waals surface area contributed by atoms with E-state index in [1.54, 1.807) is 36.3 Å². The van der Waals surface area contributed by atoms with Crippen LogP contribution in [0.1, 0.15) is 33.7 Å². The molecule has 0 spiro atoms. The summed E-state index contributed by atoms with van der Waals surface area (Å²) in [5.41, 5.74) is 0.893. The maximum Gasteiger partial charge on any atom is 0.322 e. The number of nitrogens with zero attached hydrogens (tertiary/aromatic N) is 3. The molecule has 1 fully saturated rings. The van der Waals surface area contributed by atoms with Crippen molar-refractivity contribution in [3.63, 3.8) is 0 Å². The van der Waals surface area contributed by atoms with Crippen molar-refractivity contribution in [1.29, 1.82) is 0 Å². The molecule has 2 heterocycles. The van der Waals surface area contributed by atoms with E-state index >= 15 is 0 Å². The van der Waals surface area contributed by atoms with Crippen LogP contribution in [0, 0.1) is 5.82 Å². The summed E-state index contributed by atoms with van der Waals surface area (Å²) in [6.07, 6.45) is 1.51. The number of hydrogen-bond donors (Lipinski definition) is 2. The Balaban J connectivity index is 1.44. The highest BCUT2D eigenvalue weighted by Crippen LogP contribution is 2.35. The number of halogens is 1. The molecule has 0 aliphatic carbocycles. The molecule has 9 nitrogen and oxygen atoms in total. The van der Waals surface area contributed by atoms with E-state index in [1.165, 1.54) is 25.3 Å². The number of nitrogens with one attached hydrogen (secondary N) is 2. The molecule has 172 valence electrons. The molecule has 0 radical (unpaired) electrons. The maximum atomic E-state index is 13.4. The van der Waals surface area contributed by atoms with Gasteiger partial charge in [-0.25, -0.2) is 9.18 Å². The van der Waals surface area contributed by atoms with Gasteiger partial charge in [0, 0.05) is 24.0 Å². The highest BCUT2D eigenvalue weighted by molar-refractivity contribution is 7.13. The number of hydrogen-bond acceptors (Lipinski definition) is 7. The lowest BCUT2D eigenvalue weighted by molar-refractivity contribution is 0.102. The van der Waals surface area contributed by atoms with Crippen molar-refractivity contribution in [1.82, 2.24) is 15.1 Å². The molecule has 3 aromatic rings. The molecule has 11 heteroatoms. The molecular formula is C22H22FN5O4S. The molecule has 1 saturated heterocycles. The number of urea groups is 1. The van der Waals surface area contributed by atoms with E-state index in [0.717, 1.165) is 17.8 Å². The number of likely N-dealkylation sites (tertiary alicyclic amines) is 1. The van der Waals surface area contributed by atoms with Gasteiger partial charge in [-0.2, -0.15) is 0 Å². The first-order valence-corrected chi connectivity index (χ1v) is 11.0. The van der Waals surface area contributed by atoms with Gasteiger partial charge in [-0.3, -0.25) is 4.79 Å². The maximum absolute atomic E-state index is 13.4. The van der Waals surface area contributed by atoms with Crippen molar-refractivity contribution in [3.8, 4) is 11.5 Å². The quantitative estimate of drug-likeness (QED) is 0.555. The minimum absolute atomic E-state index is 0.140. The fraction of sp³-hybridized carbons (Fsp3) is 0.273. The van der Waals surface area contributed by atoms with Crippen LogP contribution in [0.15, 0.2) is 42.5 Å². The number of methoxy groups -OCH3 is 2. The van der Waals surface area contributed by atoms with Gasteiger partial charge < -0.3 is 25.0 Å². The SMILES string of the molecule is COc1ccc(NC(=O)N2CCCC2c2nnc(C(=O)Nc3cccc(F)c3)s2)cc1OC. The molecule has 2 aromatic carbocycles. The summed E-state index contributed by atoms with van der Waals surface area (Å²) >= 11 is 1.11. The standard InChI is InChI=1S/C22H22FN5O4S/c1-31-17-9-8-15(12-18(17)32-2)25-22(30)28-10-4-7-16(28)20-26-27-21(33-20)19(29)24-14-6-3-5-13(23)11-14/h3,5-6,8-9,11-12,16H,4,7,10H2,1-2H3,(H,24,29)(H,25,30). The van der Waals surface area contributed by atoms with Crippen molar-refractivity contribution in [3.05, 3.63) is 58.3 Å². The molecule has 2 N–H and O–H groups in total. The Bertz CT molecular complexity index is 1170. The highest BCUT2D eigenvalue weighted by Gasteiger charge is 2.33. The molecule has 0 bridgehead atoms. The second-order valence-corrected chi connectivity index (χ2v) is 8.27. The summed E-state index contributed by atoms with van der Waals surface area (Å²) in [5, 5.41) is 14.3. The highest BCUT2D eigenvalue weighted by atomic mass is 32.1. The predicted octanol–water partition coefficient (Wildman–Crippen LogP) is 4.32. The van der Waals surface area contributed by atoms with E-state index in [9.17, 15) is 14.0 Å². The fourth-order valence-electron chi connectivity index (χ4n) is 3.59. The van der Waals surface area contributed by atoms with Crippen LogP contribution >= 0.6 is 11.3 Å². The third-order valence-corrected chi connectivity index (χ3v) is 6.17. The van der Waals surface area contributed by atoms with Crippen LogP contribution in [0.4, 0.5) is 20.6 Å². The monoisotopic (exact) mass is 471 g/mol. The summed E-state index contributed by atoms with van der Waals surface area (Å²) < 4.78 is 23.9. The van der Waals surface area contributed by atoms with E-state index in [4.69, 9.17) is 9.47 Å². The van der Waals surface area contributed by atoms with Gasteiger partial charge >= 0.3 is 6.03 Å². The molecule has 33 heavy (non-hydrogen) atoms. The fourth-order valence-corrected chi connectivity index (χ4v) is 4.47. The van der Waals surface area contributed by atoms with E-state index < -0.39 is 11.7 Å². The topological polar surface area (TPSA) is 106 Å². The molecule has 4 rings (SSSR count). The Kier molecular flexibility index (Phi) is 6.68. The van der Waals surface area contributed by atoms with Gasteiger partial charge in [0.2, 0.25) is 5.01 Å². The number of carbonyl (C=O) groups excluding carboxylic acids is 2. The number of benzene rings is 2. The van der Waals surface area contributed by atoms with Gasteiger partial charge in [0.25, 0.3) is 5.91 Å².